The number of fused-ring (bicyclic) bond motifs is 5. The van der Waals surface area contributed by atoms with Crippen molar-refractivity contribution in [3.05, 3.63) is 23.3 Å². The Kier molecular flexibility index (Phi) is 16.7. The van der Waals surface area contributed by atoms with Crippen LogP contribution in [0.3, 0.4) is 0 Å². The first-order valence-electron chi connectivity index (χ1n) is 23.7. The van der Waals surface area contributed by atoms with E-state index in [1.807, 2.05) is 27.7 Å². The number of carbonyl (C=O) groups excluding carboxylic acids is 2. The monoisotopic (exact) mass is 909 g/mol. The minimum absolute atomic E-state index is 0.0428. The van der Waals surface area contributed by atoms with E-state index in [0.717, 1.165) is 25.7 Å². The van der Waals surface area contributed by atoms with Crippen LogP contribution >= 0.6 is 0 Å². The molecule has 3 N–H and O–H groups in total. The molecule has 7 aliphatic rings. The number of carbonyl (C=O) groups is 2. The molecule has 6 fully saturated rings. The molecule has 0 aromatic heterocycles. The molecule has 0 radical (unpaired) electrons. The number of Topliss-reactive ketones (excluding diaryl/α,β-unsaturated/α-hetero) is 1. The minimum atomic E-state index is -1.17. The molecule has 366 valence electrons. The zero-order valence-electron chi connectivity index (χ0n) is 40.7. The third-order valence-electron chi connectivity index (χ3n) is 16.9. The van der Waals surface area contributed by atoms with Crippen molar-refractivity contribution in [2.45, 2.75) is 212 Å². The molecule has 3 saturated heterocycles. The summed E-state index contributed by atoms with van der Waals surface area (Å²) in [5, 5.41) is 33.1. The molecule has 15 nitrogen and oxygen atoms in total. The van der Waals surface area contributed by atoms with Crippen LogP contribution in [0.1, 0.15) is 120 Å². The maximum absolute atomic E-state index is 12.9. The van der Waals surface area contributed by atoms with Gasteiger partial charge in [0.2, 0.25) is 0 Å². The average Bonchev–Trinajstić information content (AvgIpc) is 3.56. The highest BCUT2D eigenvalue weighted by Gasteiger charge is 2.71. The fourth-order valence-corrected chi connectivity index (χ4v) is 12.7. The number of aliphatic hydroxyl groups is 3. The van der Waals surface area contributed by atoms with Gasteiger partial charge in [-0.2, -0.15) is 0 Å². The number of allylic oxidation sites excluding steroid dienone is 3. The van der Waals surface area contributed by atoms with Crippen LogP contribution in [0.25, 0.3) is 0 Å². The van der Waals surface area contributed by atoms with Crippen molar-refractivity contribution in [1.82, 2.24) is 0 Å². The van der Waals surface area contributed by atoms with Crippen LogP contribution in [-0.4, -0.2) is 147 Å². The molecule has 4 aliphatic carbocycles. The molecule has 7 rings (SSSR count). The van der Waals surface area contributed by atoms with Gasteiger partial charge >= 0.3 is 5.97 Å². The van der Waals surface area contributed by atoms with E-state index in [1.54, 1.807) is 48.2 Å². The molecule has 3 aliphatic heterocycles. The van der Waals surface area contributed by atoms with E-state index in [4.69, 9.17) is 47.4 Å². The molecule has 0 amide bonds. The number of aliphatic hydroxyl groups excluding tert-OH is 2. The molecule has 21 atom stereocenters. The van der Waals surface area contributed by atoms with E-state index in [-0.39, 0.29) is 65.6 Å². The lowest BCUT2D eigenvalue weighted by Crippen LogP contribution is -2.66. The van der Waals surface area contributed by atoms with Gasteiger partial charge in [0.05, 0.1) is 36.1 Å². The number of esters is 1. The van der Waals surface area contributed by atoms with E-state index in [0.29, 0.717) is 37.2 Å². The van der Waals surface area contributed by atoms with Crippen molar-refractivity contribution >= 4 is 11.8 Å². The van der Waals surface area contributed by atoms with E-state index in [1.165, 1.54) is 19.1 Å². The number of methoxy groups -OCH3 is 4. The lowest BCUT2D eigenvalue weighted by Gasteiger charge is -2.63. The van der Waals surface area contributed by atoms with Crippen LogP contribution < -0.4 is 0 Å². The van der Waals surface area contributed by atoms with Crippen LogP contribution in [0.5, 0.6) is 0 Å². The molecular weight excluding hydrogens is 829 g/mol. The molecule has 0 bridgehead atoms. The van der Waals surface area contributed by atoms with E-state index in [2.05, 4.69) is 19.9 Å². The summed E-state index contributed by atoms with van der Waals surface area (Å²) >= 11 is 0. The first-order chi connectivity index (χ1) is 30.2. The summed E-state index contributed by atoms with van der Waals surface area (Å²) in [5.41, 5.74) is 0.424. The standard InChI is InChI=1S/C27H40O4.C22H40O11/c1-7-17(3)24(29)31-23-15-22-21(9-8-19-14-16(2)10-12-25(19,22)5)27(30)13-11-20(18(4)28)26(23,27)6;1-10-17(23)21(28-7)18(24)22(31-10)33-20-12(3)30-16(9-14(20)26-5)32-19-11(2)29-15(27-6)8-13(19)25-4/h7-8,16,20-23,30H,9-15H2,1-6H3;10-24H,8-9H2,1-7H3/b17-7+;/t16-,20+,21?,22?,23+,25-,26-,27-;/m0./s1. The zero-order chi connectivity index (χ0) is 47.1. The average molecular weight is 909 g/mol. The fourth-order valence-electron chi connectivity index (χ4n) is 12.7. The minimum Gasteiger partial charge on any atom is -0.458 e. The maximum Gasteiger partial charge on any atom is 0.333 e. The molecule has 15 unspecified atom stereocenters. The van der Waals surface area contributed by atoms with Crippen molar-refractivity contribution in [3.8, 4) is 0 Å². The Morgan fingerprint density at radius 2 is 1.38 bits per heavy atom. The highest BCUT2D eigenvalue weighted by atomic mass is 16.7. The third-order valence-corrected chi connectivity index (χ3v) is 16.9. The van der Waals surface area contributed by atoms with Crippen LogP contribution in [0.2, 0.25) is 0 Å². The maximum atomic E-state index is 12.9. The highest BCUT2D eigenvalue weighted by Crippen LogP contribution is 2.68. The molecule has 64 heavy (non-hydrogen) atoms. The van der Waals surface area contributed by atoms with Crippen LogP contribution in [0.15, 0.2) is 23.3 Å². The van der Waals surface area contributed by atoms with Crippen molar-refractivity contribution in [2.75, 3.05) is 28.4 Å². The van der Waals surface area contributed by atoms with Crippen molar-refractivity contribution in [3.63, 3.8) is 0 Å². The summed E-state index contributed by atoms with van der Waals surface area (Å²) < 4.78 is 58.1. The van der Waals surface area contributed by atoms with E-state index < -0.39 is 66.3 Å². The number of rotatable bonds is 11. The number of hydrogen-bond donors (Lipinski definition) is 3. The number of ketones is 1. The summed E-state index contributed by atoms with van der Waals surface area (Å²) in [7, 11) is 6.26. The molecule has 3 heterocycles. The smallest absolute Gasteiger partial charge is 0.333 e. The molecule has 0 aromatic carbocycles. The van der Waals surface area contributed by atoms with Crippen LogP contribution in [0.4, 0.5) is 0 Å². The summed E-state index contributed by atoms with van der Waals surface area (Å²) in [6, 6.07) is 0. The Labute approximate surface area is 381 Å². The normalized spacial score (nSPS) is 48.1. The molecule has 3 saturated carbocycles. The summed E-state index contributed by atoms with van der Waals surface area (Å²) in [5.74, 6) is 0.594. The Hall–Kier alpha value is -1.86. The lowest BCUT2D eigenvalue weighted by atomic mass is 9.44. The third kappa shape index (κ3) is 9.58. The van der Waals surface area contributed by atoms with Gasteiger partial charge in [0.1, 0.15) is 42.4 Å². The molecule has 0 spiro atoms. The number of hydrogen-bond acceptors (Lipinski definition) is 15. The fraction of sp³-hybridized carbons (Fsp3) is 0.878. The van der Waals surface area contributed by atoms with Gasteiger partial charge in [-0.15, -0.1) is 0 Å². The van der Waals surface area contributed by atoms with Crippen molar-refractivity contribution in [1.29, 1.82) is 0 Å². The van der Waals surface area contributed by atoms with Crippen molar-refractivity contribution in [2.24, 2.45) is 34.5 Å². The predicted octanol–water partition coefficient (Wildman–Crippen LogP) is 5.58. The summed E-state index contributed by atoms with van der Waals surface area (Å²) in [6.07, 6.45) is 3.39. The summed E-state index contributed by atoms with van der Waals surface area (Å²) in [4.78, 5) is 25.5. The zero-order valence-corrected chi connectivity index (χ0v) is 40.7. The molecule has 15 heteroatoms. The molecule has 0 aromatic rings. The van der Waals surface area contributed by atoms with E-state index in [9.17, 15) is 24.9 Å². The topological polar surface area (TPSA) is 187 Å². The largest absolute Gasteiger partial charge is 0.458 e. The first-order valence-corrected chi connectivity index (χ1v) is 23.7. The van der Waals surface area contributed by atoms with Crippen LogP contribution in [0, 0.1) is 34.5 Å². The second-order valence-electron chi connectivity index (χ2n) is 20.3. The Bertz CT molecular complexity index is 1670. The first kappa shape index (κ1) is 51.5. The van der Waals surface area contributed by atoms with Gasteiger partial charge in [0, 0.05) is 58.2 Å². The van der Waals surface area contributed by atoms with Crippen molar-refractivity contribution < 1.29 is 72.3 Å². The second-order valence-corrected chi connectivity index (χ2v) is 20.3. The van der Waals surface area contributed by atoms with Gasteiger partial charge in [-0.1, -0.05) is 38.5 Å². The van der Waals surface area contributed by atoms with Gasteiger partial charge in [-0.05, 0) is 110 Å². The highest BCUT2D eigenvalue weighted by molar-refractivity contribution is 5.88. The number of ether oxygens (including phenoxy) is 10. The Morgan fingerprint density at radius 1 is 0.750 bits per heavy atom. The van der Waals surface area contributed by atoms with Crippen LogP contribution in [-0.2, 0) is 57.0 Å². The second kappa shape index (κ2) is 20.8. The van der Waals surface area contributed by atoms with Gasteiger partial charge in [-0.25, -0.2) is 4.79 Å². The van der Waals surface area contributed by atoms with Gasteiger partial charge in [-0.3, -0.25) is 4.79 Å². The van der Waals surface area contributed by atoms with Gasteiger partial charge in [0.25, 0.3) is 0 Å². The quantitative estimate of drug-likeness (QED) is 0.133. The summed E-state index contributed by atoms with van der Waals surface area (Å²) in [6.45, 7) is 17.4. The predicted molar refractivity (Wildman–Crippen MR) is 235 cm³/mol. The Morgan fingerprint density at radius 3 is 1.97 bits per heavy atom. The van der Waals surface area contributed by atoms with Gasteiger partial charge in [0.15, 0.2) is 18.9 Å². The molecular formula is C49H80O15. The Balaban J connectivity index is 0.000000213. The SMILES string of the molecule is C/C=C(\C)C(=O)O[C@@H]1CC2C(CC=C3C[C@@H](C)CC[C@@]32C)[C@@]2(O)CC[C@H](C(C)=O)[C@@]12C.COC1CC(OC)C(OC2CC(OC)C(OC3OC(C)C(O)C(OC)C3O)C(C)O2)C(C)O1. The van der Waals surface area contributed by atoms with E-state index >= 15 is 0 Å². The lowest BCUT2D eigenvalue weighted by molar-refractivity contribution is -0.350. The van der Waals surface area contributed by atoms with Gasteiger partial charge < -0.3 is 62.7 Å².